The molecule has 1 aliphatic rings. The Morgan fingerprint density at radius 1 is 0.885 bits per heavy atom. The van der Waals surface area contributed by atoms with Crippen molar-refractivity contribution in [3.05, 3.63) is 86.9 Å². The van der Waals surface area contributed by atoms with Crippen LogP contribution in [0.2, 0.25) is 0 Å². The van der Waals surface area contributed by atoms with E-state index >= 15 is 0 Å². The third-order valence-electron chi connectivity index (χ3n) is 5.32. The highest BCUT2D eigenvalue weighted by Gasteiger charge is 2.26. The van der Waals surface area contributed by atoms with E-state index in [1.165, 1.54) is 0 Å². The normalized spacial score (nSPS) is 14.6. The molecule has 0 N–H and O–H groups in total. The van der Waals surface area contributed by atoms with Gasteiger partial charge in [-0.05, 0) is 43.0 Å². The highest BCUT2D eigenvalue weighted by atomic mass is 16.3. The molecule has 4 aromatic rings. The van der Waals surface area contributed by atoms with Crippen molar-refractivity contribution in [2.24, 2.45) is 0 Å². The smallest absolute Gasteiger partial charge is 0.270 e. The molecule has 0 spiro atoms. The summed E-state index contributed by atoms with van der Waals surface area (Å²) in [5.41, 5.74) is 2.05. The van der Waals surface area contributed by atoms with Gasteiger partial charge < -0.3 is 4.42 Å². The molecule has 5 rings (SSSR count). The summed E-state index contributed by atoms with van der Waals surface area (Å²) < 4.78 is 7.64. The zero-order valence-electron chi connectivity index (χ0n) is 14.1. The first-order valence-corrected chi connectivity index (χ1v) is 8.91. The number of nitrogens with zero attached hydrogens (tertiary/aromatic N) is 1. The minimum atomic E-state index is -0.296. The number of para-hydroxylation sites is 2. The molecule has 26 heavy (non-hydrogen) atoms. The van der Waals surface area contributed by atoms with E-state index in [1.54, 1.807) is 22.8 Å². The van der Waals surface area contributed by atoms with E-state index in [1.807, 2.05) is 42.5 Å². The molecule has 0 unspecified atom stereocenters. The quantitative estimate of drug-likeness (QED) is 0.508. The van der Waals surface area contributed by atoms with Gasteiger partial charge in [-0.2, -0.15) is 0 Å². The standard InChI is InChI=1S/C22H17NO3/c24-21-16-11-4-5-12-18(16)26-19-13-17(14-7-6-8-14)23(22(25)20(19)21)15-9-2-1-3-10-15/h1-5,9-14H,6-8H2. The molecule has 2 heterocycles. The van der Waals surface area contributed by atoms with Crippen LogP contribution in [0.15, 0.2) is 74.7 Å². The third kappa shape index (κ3) is 2.15. The lowest BCUT2D eigenvalue weighted by Gasteiger charge is -2.28. The monoisotopic (exact) mass is 343 g/mol. The zero-order chi connectivity index (χ0) is 17.7. The van der Waals surface area contributed by atoms with E-state index in [0.717, 1.165) is 30.6 Å². The van der Waals surface area contributed by atoms with Gasteiger partial charge in [0.15, 0.2) is 0 Å². The largest absolute Gasteiger partial charge is 0.456 e. The predicted octanol–water partition coefficient (Wildman–Crippen LogP) is 4.36. The van der Waals surface area contributed by atoms with Crippen molar-refractivity contribution in [2.75, 3.05) is 0 Å². The van der Waals surface area contributed by atoms with Crippen LogP contribution < -0.4 is 11.0 Å². The number of benzene rings is 2. The number of fused-ring (bicyclic) bond motifs is 2. The zero-order valence-corrected chi connectivity index (χ0v) is 14.1. The summed E-state index contributed by atoms with van der Waals surface area (Å²) in [6.45, 7) is 0. The Labute approximate surface area is 149 Å². The van der Waals surface area contributed by atoms with Gasteiger partial charge in [0.05, 0.1) is 5.39 Å². The number of hydrogen-bond donors (Lipinski definition) is 0. The molecule has 2 aromatic heterocycles. The molecule has 2 aromatic carbocycles. The Kier molecular flexibility index (Phi) is 3.32. The molecule has 4 heteroatoms. The van der Waals surface area contributed by atoms with Crippen LogP contribution in [0, 0.1) is 0 Å². The van der Waals surface area contributed by atoms with Gasteiger partial charge in [0, 0.05) is 17.4 Å². The molecule has 0 saturated heterocycles. The van der Waals surface area contributed by atoms with Gasteiger partial charge in [0.2, 0.25) is 5.43 Å². The van der Waals surface area contributed by atoms with Gasteiger partial charge in [0.25, 0.3) is 5.56 Å². The molecule has 4 nitrogen and oxygen atoms in total. The van der Waals surface area contributed by atoms with Crippen LogP contribution >= 0.6 is 0 Å². The Morgan fingerprint density at radius 3 is 2.35 bits per heavy atom. The molecule has 0 atom stereocenters. The highest BCUT2D eigenvalue weighted by Crippen LogP contribution is 2.37. The average molecular weight is 343 g/mol. The van der Waals surface area contributed by atoms with E-state index in [4.69, 9.17) is 4.42 Å². The fraction of sp³-hybridized carbons (Fsp3) is 0.182. The topological polar surface area (TPSA) is 52.2 Å². The van der Waals surface area contributed by atoms with Gasteiger partial charge in [-0.15, -0.1) is 0 Å². The lowest BCUT2D eigenvalue weighted by Crippen LogP contribution is -2.29. The SMILES string of the molecule is O=c1c2ccccc2oc2cc(C3CCC3)n(-c3ccccc3)c(=O)c12. The first kappa shape index (κ1) is 15.1. The van der Waals surface area contributed by atoms with Gasteiger partial charge in [-0.25, -0.2) is 0 Å². The summed E-state index contributed by atoms with van der Waals surface area (Å²) in [6, 6.07) is 18.5. The lowest BCUT2D eigenvalue weighted by atomic mass is 9.82. The van der Waals surface area contributed by atoms with Gasteiger partial charge >= 0.3 is 0 Å². The maximum atomic E-state index is 13.4. The molecular formula is C22H17NO3. The van der Waals surface area contributed by atoms with Crippen LogP contribution in [0.4, 0.5) is 0 Å². The van der Waals surface area contributed by atoms with Crippen LogP contribution in [0.3, 0.4) is 0 Å². The second kappa shape index (κ2) is 5.70. The number of pyridine rings is 1. The molecule has 0 radical (unpaired) electrons. The summed E-state index contributed by atoms with van der Waals surface area (Å²) in [6.07, 6.45) is 3.26. The number of rotatable bonds is 2. The van der Waals surface area contributed by atoms with Crippen LogP contribution in [-0.4, -0.2) is 4.57 Å². The molecule has 128 valence electrons. The van der Waals surface area contributed by atoms with Crippen LogP contribution in [-0.2, 0) is 0 Å². The number of aromatic nitrogens is 1. The van der Waals surface area contributed by atoms with Gasteiger partial charge in [-0.3, -0.25) is 14.2 Å². The fourth-order valence-corrected chi connectivity index (χ4v) is 3.74. The van der Waals surface area contributed by atoms with Crippen LogP contribution in [0.5, 0.6) is 0 Å². The van der Waals surface area contributed by atoms with E-state index in [9.17, 15) is 9.59 Å². The second-order valence-corrected chi connectivity index (χ2v) is 6.84. The molecule has 1 aliphatic carbocycles. The summed E-state index contributed by atoms with van der Waals surface area (Å²) in [7, 11) is 0. The average Bonchev–Trinajstić information content (AvgIpc) is 2.61. The van der Waals surface area contributed by atoms with Crippen molar-refractivity contribution in [3.63, 3.8) is 0 Å². The van der Waals surface area contributed by atoms with Crippen molar-refractivity contribution in [1.82, 2.24) is 4.57 Å². The molecule has 0 amide bonds. The Morgan fingerprint density at radius 2 is 1.62 bits per heavy atom. The van der Waals surface area contributed by atoms with Crippen molar-refractivity contribution in [2.45, 2.75) is 25.2 Å². The number of hydrogen-bond acceptors (Lipinski definition) is 3. The predicted molar refractivity (Wildman–Crippen MR) is 102 cm³/mol. The maximum Gasteiger partial charge on any atom is 0.270 e. The summed E-state index contributed by atoms with van der Waals surface area (Å²) >= 11 is 0. The maximum absolute atomic E-state index is 13.4. The fourth-order valence-electron chi connectivity index (χ4n) is 3.74. The summed E-state index contributed by atoms with van der Waals surface area (Å²) in [4.78, 5) is 26.3. The molecular weight excluding hydrogens is 326 g/mol. The molecule has 1 fully saturated rings. The van der Waals surface area contributed by atoms with Crippen molar-refractivity contribution in [3.8, 4) is 5.69 Å². The molecule has 1 saturated carbocycles. The summed E-state index contributed by atoms with van der Waals surface area (Å²) in [5, 5.41) is 0.559. The van der Waals surface area contributed by atoms with Crippen molar-refractivity contribution < 1.29 is 4.42 Å². The summed E-state index contributed by atoms with van der Waals surface area (Å²) in [5.74, 6) is 0.323. The minimum Gasteiger partial charge on any atom is -0.456 e. The van der Waals surface area contributed by atoms with Crippen molar-refractivity contribution in [1.29, 1.82) is 0 Å². The Balaban J connectivity index is 1.94. The lowest BCUT2D eigenvalue weighted by molar-refractivity contribution is 0.404. The first-order valence-electron chi connectivity index (χ1n) is 8.91. The second-order valence-electron chi connectivity index (χ2n) is 6.84. The Bertz CT molecular complexity index is 1250. The highest BCUT2D eigenvalue weighted by molar-refractivity contribution is 5.89. The van der Waals surface area contributed by atoms with E-state index in [2.05, 4.69) is 0 Å². The third-order valence-corrected chi connectivity index (χ3v) is 5.32. The van der Waals surface area contributed by atoms with E-state index in [-0.39, 0.29) is 16.4 Å². The van der Waals surface area contributed by atoms with E-state index in [0.29, 0.717) is 22.5 Å². The van der Waals surface area contributed by atoms with Crippen LogP contribution in [0.1, 0.15) is 30.9 Å². The van der Waals surface area contributed by atoms with Crippen molar-refractivity contribution >= 4 is 21.9 Å². The van der Waals surface area contributed by atoms with Gasteiger partial charge in [0.1, 0.15) is 16.6 Å². The van der Waals surface area contributed by atoms with E-state index < -0.39 is 0 Å². The van der Waals surface area contributed by atoms with Crippen LogP contribution in [0.25, 0.3) is 27.6 Å². The Hall–Kier alpha value is -3.14. The first-order chi connectivity index (χ1) is 12.7. The molecule has 0 bridgehead atoms. The molecule has 0 aliphatic heterocycles. The minimum absolute atomic E-state index is 0.121. The van der Waals surface area contributed by atoms with Gasteiger partial charge in [-0.1, -0.05) is 36.8 Å².